The Morgan fingerprint density at radius 1 is 1.47 bits per heavy atom. The van der Waals surface area contributed by atoms with Crippen LogP contribution in [0, 0.1) is 0 Å². The summed E-state index contributed by atoms with van der Waals surface area (Å²) in [6, 6.07) is 2.45. The number of ether oxygens (including phenoxy) is 1. The molecule has 4 nitrogen and oxygen atoms in total. The largest absolute Gasteiger partial charge is 0.377 e. The number of anilines is 1. The van der Waals surface area contributed by atoms with E-state index in [0.717, 1.165) is 31.3 Å². The molecule has 100 valence electrons. The summed E-state index contributed by atoms with van der Waals surface area (Å²) in [4.78, 5) is 11.1. The lowest BCUT2D eigenvalue weighted by atomic mass is 10.1. The van der Waals surface area contributed by atoms with Crippen molar-refractivity contribution in [2.75, 3.05) is 30.9 Å². The lowest BCUT2D eigenvalue weighted by Crippen LogP contribution is -2.45. The highest BCUT2D eigenvalue weighted by atomic mass is 32.2. The molecule has 3 rings (SSSR count). The number of hydrogen-bond acceptors (Lipinski definition) is 5. The Labute approximate surface area is 119 Å². The molecule has 19 heavy (non-hydrogen) atoms. The Bertz CT molecular complexity index is 481. The minimum atomic E-state index is 0.182. The van der Waals surface area contributed by atoms with E-state index in [0.29, 0.717) is 11.8 Å². The predicted octanol–water partition coefficient (Wildman–Crippen LogP) is 0.848. The average molecular weight is 275 g/mol. The summed E-state index contributed by atoms with van der Waals surface area (Å²) in [5, 5.41) is 0. The Morgan fingerprint density at radius 2 is 2.26 bits per heavy atom. The van der Waals surface area contributed by atoms with E-state index in [1.54, 1.807) is 0 Å². The zero-order valence-corrected chi connectivity index (χ0v) is 12.2. The van der Waals surface area contributed by atoms with E-state index in [2.05, 4.69) is 34.1 Å². The summed E-state index contributed by atoms with van der Waals surface area (Å²) in [5.41, 5.74) is 1.47. The van der Waals surface area contributed by atoms with Gasteiger partial charge < -0.3 is 9.64 Å². The van der Waals surface area contributed by atoms with E-state index in [1.807, 2.05) is 11.8 Å². The van der Waals surface area contributed by atoms with Gasteiger partial charge in [0.05, 0.1) is 35.4 Å². The maximum absolute atomic E-state index is 5.90. The maximum atomic E-state index is 5.90. The molecule has 0 amide bonds. The molecule has 2 fully saturated rings. The van der Waals surface area contributed by atoms with Gasteiger partial charge in [0.25, 0.3) is 0 Å². The average Bonchev–Trinajstić information content (AvgIpc) is 3.19. The van der Waals surface area contributed by atoms with E-state index in [9.17, 15) is 0 Å². The summed E-state index contributed by atoms with van der Waals surface area (Å²) < 4.78 is 5.66. The van der Waals surface area contributed by atoms with Gasteiger partial charge in [0.1, 0.15) is 5.82 Å². The van der Waals surface area contributed by atoms with Crippen LogP contribution < -0.4 is 10.6 Å². The highest BCUT2D eigenvalue weighted by molar-refractivity contribution is 7.99. The molecule has 2 heterocycles. The topological polar surface area (TPSA) is 38.2 Å². The van der Waals surface area contributed by atoms with E-state index in [1.165, 1.54) is 12.8 Å². The summed E-state index contributed by atoms with van der Waals surface area (Å²) in [6.45, 7) is 4.51. The van der Waals surface area contributed by atoms with Crippen LogP contribution in [-0.4, -0.2) is 49.9 Å². The molecule has 1 saturated heterocycles. The van der Waals surface area contributed by atoms with Gasteiger partial charge >= 0.3 is 0 Å². The Balaban J connectivity index is 1.93. The first kappa shape index (κ1) is 13.2. The van der Waals surface area contributed by atoms with E-state index in [4.69, 9.17) is 12.6 Å². The van der Waals surface area contributed by atoms with Gasteiger partial charge in [-0.1, -0.05) is 0 Å². The highest BCUT2D eigenvalue weighted by Gasteiger charge is 2.45. The second-order valence-corrected chi connectivity index (χ2v) is 6.48. The predicted molar refractivity (Wildman–Crippen MR) is 79.5 cm³/mol. The van der Waals surface area contributed by atoms with Crippen LogP contribution in [0.2, 0.25) is 0 Å². The van der Waals surface area contributed by atoms with E-state index >= 15 is 0 Å². The molecule has 1 atom stereocenters. The fraction of sp³-hybridized carbons (Fsp3) is 0.692. The number of nitrogens with zero attached hydrogens (tertiary/aromatic N) is 3. The maximum Gasteiger partial charge on any atom is 0.170 e. The third kappa shape index (κ3) is 2.48. The molecule has 2 radical (unpaired) electrons. The summed E-state index contributed by atoms with van der Waals surface area (Å²) in [6.07, 6.45) is 4.51. The van der Waals surface area contributed by atoms with Crippen LogP contribution >= 0.6 is 11.8 Å². The van der Waals surface area contributed by atoms with Crippen LogP contribution in [0.15, 0.2) is 6.07 Å². The summed E-state index contributed by atoms with van der Waals surface area (Å²) in [7, 11) is 5.90. The number of hydrogen-bond donors (Lipinski definition) is 0. The molecule has 1 aliphatic heterocycles. The number of rotatable bonds is 3. The Morgan fingerprint density at radius 3 is 2.89 bits per heavy atom. The zero-order valence-electron chi connectivity index (χ0n) is 11.4. The minimum Gasteiger partial charge on any atom is -0.377 e. The Kier molecular flexibility index (Phi) is 3.47. The zero-order chi connectivity index (χ0) is 13.5. The highest BCUT2D eigenvalue weighted by Crippen LogP contribution is 2.55. The first-order chi connectivity index (χ1) is 9.14. The fourth-order valence-electron chi connectivity index (χ4n) is 2.58. The number of aromatic nitrogens is 2. The van der Waals surface area contributed by atoms with Crippen molar-refractivity contribution >= 4 is 31.1 Å². The molecule has 1 aromatic rings. The monoisotopic (exact) mass is 275 g/mol. The Hall–Kier alpha value is -0.745. The molecule has 0 unspecified atom stereocenters. The normalized spacial score (nSPS) is 25.4. The quantitative estimate of drug-likeness (QED) is 0.765. The van der Waals surface area contributed by atoms with Crippen molar-refractivity contribution < 1.29 is 4.74 Å². The second-order valence-electron chi connectivity index (χ2n) is 5.29. The molecule has 0 N–H and O–H groups in total. The fourth-order valence-corrected chi connectivity index (χ4v) is 3.40. The summed E-state index contributed by atoms with van der Waals surface area (Å²) >= 11 is 1.87. The molecule has 0 aromatic carbocycles. The molecular weight excluding hydrogens is 257 g/mol. The van der Waals surface area contributed by atoms with Crippen molar-refractivity contribution in [1.82, 2.24) is 9.97 Å². The van der Waals surface area contributed by atoms with Crippen LogP contribution in [0.1, 0.15) is 25.5 Å². The molecule has 1 saturated carbocycles. The molecule has 2 aliphatic rings. The van der Waals surface area contributed by atoms with Gasteiger partial charge in [0, 0.05) is 12.6 Å². The van der Waals surface area contributed by atoms with Crippen LogP contribution in [-0.2, 0) is 9.48 Å². The molecule has 6 heteroatoms. The van der Waals surface area contributed by atoms with Crippen LogP contribution in [0.3, 0.4) is 0 Å². The van der Waals surface area contributed by atoms with Crippen molar-refractivity contribution in [3.63, 3.8) is 0 Å². The van der Waals surface area contributed by atoms with Gasteiger partial charge in [-0.15, -0.1) is 0 Å². The van der Waals surface area contributed by atoms with Crippen LogP contribution in [0.4, 0.5) is 5.82 Å². The second kappa shape index (κ2) is 4.98. The number of thioether (sulfide) groups is 1. The van der Waals surface area contributed by atoms with Crippen molar-refractivity contribution in [1.29, 1.82) is 0 Å². The van der Waals surface area contributed by atoms with Crippen molar-refractivity contribution in [2.45, 2.75) is 30.6 Å². The third-order valence-corrected chi connectivity index (χ3v) is 5.35. The lowest BCUT2D eigenvalue weighted by Gasteiger charge is -2.34. The van der Waals surface area contributed by atoms with Crippen LogP contribution in [0.25, 0.3) is 0 Å². The van der Waals surface area contributed by atoms with Gasteiger partial charge in [0.2, 0.25) is 0 Å². The first-order valence-electron chi connectivity index (χ1n) is 6.69. The van der Waals surface area contributed by atoms with Crippen molar-refractivity contribution in [3.05, 3.63) is 11.8 Å². The smallest absolute Gasteiger partial charge is 0.170 e. The van der Waals surface area contributed by atoms with Gasteiger partial charge in [-0.3, -0.25) is 0 Å². The van der Waals surface area contributed by atoms with Gasteiger partial charge in [-0.05, 0) is 26.0 Å². The molecule has 0 spiro atoms. The standard InChI is InChI=1S/C13H18BN3OS/c1-9-8-18-6-5-17(9)11-7-10(15-12(14)16-11)13(19-2)3-4-13/h7,9H,3-6,8H2,1-2H3/t9-/m1/s1. The molecule has 1 aliphatic carbocycles. The van der Waals surface area contributed by atoms with Crippen molar-refractivity contribution in [3.8, 4) is 0 Å². The van der Waals surface area contributed by atoms with Gasteiger partial charge in [0.15, 0.2) is 7.85 Å². The van der Waals surface area contributed by atoms with Crippen molar-refractivity contribution in [2.24, 2.45) is 0 Å². The minimum absolute atomic E-state index is 0.182. The summed E-state index contributed by atoms with van der Waals surface area (Å²) in [5.74, 6) is 0.943. The van der Waals surface area contributed by atoms with Gasteiger partial charge in [-0.2, -0.15) is 11.8 Å². The van der Waals surface area contributed by atoms with E-state index < -0.39 is 0 Å². The first-order valence-corrected chi connectivity index (χ1v) is 7.92. The van der Waals surface area contributed by atoms with Gasteiger partial charge in [-0.25, -0.2) is 9.97 Å². The molecular formula is C13H18BN3OS. The van der Waals surface area contributed by atoms with Crippen LogP contribution in [0.5, 0.6) is 0 Å². The molecule has 1 aromatic heterocycles. The molecule has 0 bridgehead atoms. The third-order valence-electron chi connectivity index (χ3n) is 3.95. The number of morpholine rings is 1. The van der Waals surface area contributed by atoms with E-state index in [-0.39, 0.29) is 4.75 Å². The SMILES string of the molecule is [B]c1nc(N2CCOC[C@H]2C)cc(C2(SC)CC2)n1. The lowest BCUT2D eigenvalue weighted by molar-refractivity contribution is 0.0985.